The Labute approximate surface area is 177 Å². The molecule has 0 saturated carbocycles. The predicted octanol–water partition coefficient (Wildman–Crippen LogP) is 4.37. The molecule has 0 radical (unpaired) electrons. The van der Waals surface area contributed by atoms with E-state index in [1.165, 1.54) is 0 Å². The Morgan fingerprint density at radius 2 is 1.57 bits per heavy atom. The fourth-order valence-electron chi connectivity index (χ4n) is 2.76. The first-order valence-electron chi connectivity index (χ1n) is 9.70. The Bertz CT molecular complexity index is 620. The summed E-state index contributed by atoms with van der Waals surface area (Å²) in [6.45, 7) is 11.6. The average molecular weight is 456 g/mol. The van der Waals surface area contributed by atoms with Crippen molar-refractivity contribution < 1.29 is 19.1 Å². The summed E-state index contributed by atoms with van der Waals surface area (Å²) in [5.41, 5.74) is -0.0106. The molecule has 6 heteroatoms. The maximum atomic E-state index is 12.9. The van der Waals surface area contributed by atoms with Gasteiger partial charge in [-0.1, -0.05) is 46.3 Å². The van der Waals surface area contributed by atoms with E-state index in [2.05, 4.69) is 15.9 Å². The van der Waals surface area contributed by atoms with Crippen LogP contribution < -0.4 is 0 Å². The molecule has 0 amide bonds. The molecule has 0 N–H and O–H groups in total. The summed E-state index contributed by atoms with van der Waals surface area (Å²) in [6.07, 6.45) is 1.28. The van der Waals surface area contributed by atoms with Crippen LogP contribution in [0, 0.1) is 0 Å². The molecular formula is C22H34BrNO4. The Kier molecular flexibility index (Phi) is 9.64. The van der Waals surface area contributed by atoms with Crippen LogP contribution in [-0.2, 0) is 25.5 Å². The van der Waals surface area contributed by atoms with Gasteiger partial charge in [-0.25, -0.2) is 0 Å². The summed E-state index contributed by atoms with van der Waals surface area (Å²) in [5, 5.41) is 0.639. The highest BCUT2D eigenvalue weighted by molar-refractivity contribution is 9.09. The van der Waals surface area contributed by atoms with Gasteiger partial charge in [0.2, 0.25) is 0 Å². The summed E-state index contributed by atoms with van der Waals surface area (Å²) in [4.78, 5) is 27.2. The molecule has 5 nitrogen and oxygen atoms in total. The number of benzene rings is 1. The molecule has 0 aliphatic heterocycles. The highest BCUT2D eigenvalue weighted by atomic mass is 79.9. The van der Waals surface area contributed by atoms with Crippen LogP contribution >= 0.6 is 15.9 Å². The summed E-state index contributed by atoms with van der Waals surface area (Å²) in [5.74, 6) is -0.658. The molecule has 1 atom stereocenters. The number of alkyl halides is 1. The number of aryl methyl sites for hydroxylation is 1. The largest absolute Gasteiger partial charge is 0.459 e. The van der Waals surface area contributed by atoms with Crippen LogP contribution in [0.2, 0.25) is 0 Å². The quantitative estimate of drug-likeness (QED) is 0.408. The highest BCUT2D eigenvalue weighted by Crippen LogP contribution is 2.17. The second-order valence-corrected chi connectivity index (χ2v) is 9.61. The van der Waals surface area contributed by atoms with Gasteiger partial charge < -0.3 is 9.47 Å². The summed E-state index contributed by atoms with van der Waals surface area (Å²) >= 11 is 3.43. The van der Waals surface area contributed by atoms with E-state index in [0.29, 0.717) is 18.3 Å². The van der Waals surface area contributed by atoms with Crippen molar-refractivity contribution >= 4 is 27.9 Å². The molecule has 0 spiro atoms. The number of hydrogen-bond donors (Lipinski definition) is 0. The van der Waals surface area contributed by atoms with E-state index in [9.17, 15) is 9.59 Å². The Balaban J connectivity index is 2.98. The van der Waals surface area contributed by atoms with Gasteiger partial charge in [-0.3, -0.25) is 14.5 Å². The zero-order valence-corrected chi connectivity index (χ0v) is 19.5. The third-order valence-corrected chi connectivity index (χ3v) is 4.15. The van der Waals surface area contributed by atoms with E-state index < -0.39 is 17.2 Å². The number of halogens is 1. The molecule has 0 fully saturated rings. The van der Waals surface area contributed by atoms with Crippen LogP contribution in [0.1, 0.15) is 53.5 Å². The standard InChI is InChI=1S/C22H34BrNO4/c1-21(2,3)27-19(25)16-24(15-14-23)18(20(26)28-22(4,5)6)13-12-17-10-8-7-9-11-17/h7-11,18H,12-16H2,1-6H3/t18-/m0/s1. The molecule has 1 aromatic carbocycles. The zero-order valence-electron chi connectivity index (χ0n) is 18.0. The second kappa shape index (κ2) is 11.0. The average Bonchev–Trinajstić information content (AvgIpc) is 2.52. The molecule has 1 rings (SSSR count). The van der Waals surface area contributed by atoms with Crippen molar-refractivity contribution in [1.82, 2.24) is 4.90 Å². The molecule has 0 bridgehead atoms. The van der Waals surface area contributed by atoms with Crippen LogP contribution in [0.15, 0.2) is 30.3 Å². The van der Waals surface area contributed by atoms with Crippen molar-refractivity contribution in [2.45, 2.75) is 71.6 Å². The van der Waals surface area contributed by atoms with Gasteiger partial charge in [-0.15, -0.1) is 0 Å². The van der Waals surface area contributed by atoms with Crippen molar-refractivity contribution in [2.24, 2.45) is 0 Å². The van der Waals surface area contributed by atoms with Gasteiger partial charge in [0, 0.05) is 11.9 Å². The predicted molar refractivity (Wildman–Crippen MR) is 116 cm³/mol. The summed E-state index contributed by atoms with van der Waals surface area (Å²) < 4.78 is 11.1. The van der Waals surface area contributed by atoms with E-state index in [-0.39, 0.29) is 18.5 Å². The number of nitrogens with zero attached hydrogens (tertiary/aromatic N) is 1. The number of carbonyl (C=O) groups is 2. The monoisotopic (exact) mass is 455 g/mol. The molecule has 1 aromatic rings. The minimum atomic E-state index is -0.589. The van der Waals surface area contributed by atoms with Crippen LogP contribution in [0.25, 0.3) is 0 Å². The van der Waals surface area contributed by atoms with Crippen LogP contribution in [0.5, 0.6) is 0 Å². The molecule has 0 unspecified atom stereocenters. The maximum absolute atomic E-state index is 12.9. The lowest BCUT2D eigenvalue weighted by atomic mass is 10.0. The summed E-state index contributed by atoms with van der Waals surface area (Å²) in [6, 6.07) is 9.48. The van der Waals surface area contributed by atoms with E-state index in [1.54, 1.807) is 0 Å². The number of hydrogen-bond acceptors (Lipinski definition) is 5. The molecule has 0 saturated heterocycles. The van der Waals surface area contributed by atoms with Crippen molar-refractivity contribution in [3.63, 3.8) is 0 Å². The third-order valence-electron chi connectivity index (χ3n) is 3.79. The first-order valence-corrected chi connectivity index (χ1v) is 10.8. The lowest BCUT2D eigenvalue weighted by molar-refractivity contribution is -0.164. The SMILES string of the molecule is CC(C)(C)OC(=O)CN(CCBr)[C@@H](CCc1ccccc1)C(=O)OC(C)(C)C. The van der Waals surface area contributed by atoms with E-state index >= 15 is 0 Å². The minimum Gasteiger partial charge on any atom is -0.459 e. The van der Waals surface area contributed by atoms with Crippen LogP contribution in [0.4, 0.5) is 0 Å². The first kappa shape index (κ1) is 24.6. The maximum Gasteiger partial charge on any atom is 0.323 e. The first-order chi connectivity index (χ1) is 12.9. The fraction of sp³-hybridized carbons (Fsp3) is 0.636. The van der Waals surface area contributed by atoms with Gasteiger partial charge in [0.1, 0.15) is 17.2 Å². The Morgan fingerprint density at radius 1 is 1.00 bits per heavy atom. The van der Waals surface area contributed by atoms with Gasteiger partial charge >= 0.3 is 11.9 Å². The number of carbonyl (C=O) groups excluding carboxylic acids is 2. The lowest BCUT2D eigenvalue weighted by Crippen LogP contribution is -2.48. The molecule has 158 valence electrons. The molecule has 0 heterocycles. The van der Waals surface area contributed by atoms with Gasteiger partial charge in [0.25, 0.3) is 0 Å². The van der Waals surface area contributed by atoms with Crippen LogP contribution in [-0.4, -0.2) is 52.5 Å². The number of rotatable bonds is 9. The zero-order chi connectivity index (χ0) is 21.4. The van der Waals surface area contributed by atoms with Crippen molar-refractivity contribution in [1.29, 1.82) is 0 Å². The summed E-state index contributed by atoms with van der Waals surface area (Å²) in [7, 11) is 0. The van der Waals surface area contributed by atoms with Crippen molar-refractivity contribution in [3.8, 4) is 0 Å². The molecular weight excluding hydrogens is 422 g/mol. The Morgan fingerprint density at radius 3 is 2.07 bits per heavy atom. The van der Waals surface area contributed by atoms with Gasteiger partial charge in [0.15, 0.2) is 0 Å². The molecule has 0 aliphatic carbocycles. The number of esters is 2. The Hall–Kier alpha value is -1.40. The molecule has 28 heavy (non-hydrogen) atoms. The molecule has 0 aromatic heterocycles. The fourth-order valence-corrected chi connectivity index (χ4v) is 3.22. The van der Waals surface area contributed by atoms with Gasteiger partial charge in [-0.05, 0) is 59.9 Å². The third kappa shape index (κ3) is 10.2. The smallest absolute Gasteiger partial charge is 0.323 e. The highest BCUT2D eigenvalue weighted by Gasteiger charge is 2.32. The van der Waals surface area contributed by atoms with E-state index in [1.807, 2.05) is 76.8 Å². The van der Waals surface area contributed by atoms with Crippen molar-refractivity contribution in [3.05, 3.63) is 35.9 Å². The normalized spacial score (nSPS) is 13.3. The minimum absolute atomic E-state index is 0.0432. The van der Waals surface area contributed by atoms with Gasteiger partial charge in [0.05, 0.1) is 6.54 Å². The van der Waals surface area contributed by atoms with Crippen LogP contribution in [0.3, 0.4) is 0 Å². The van der Waals surface area contributed by atoms with E-state index in [4.69, 9.17) is 9.47 Å². The molecule has 0 aliphatic rings. The topological polar surface area (TPSA) is 55.8 Å². The van der Waals surface area contributed by atoms with Crippen molar-refractivity contribution in [2.75, 3.05) is 18.4 Å². The van der Waals surface area contributed by atoms with Gasteiger partial charge in [-0.2, -0.15) is 0 Å². The number of ether oxygens (including phenoxy) is 2. The second-order valence-electron chi connectivity index (χ2n) is 8.82. The van der Waals surface area contributed by atoms with E-state index in [0.717, 1.165) is 12.0 Å². The lowest BCUT2D eigenvalue weighted by Gasteiger charge is -2.32.